The van der Waals surface area contributed by atoms with Gasteiger partial charge in [0.15, 0.2) is 6.10 Å². The smallest absolute Gasteiger partial charge is 0.332 e. The summed E-state index contributed by atoms with van der Waals surface area (Å²) in [6, 6.07) is 17.5. The van der Waals surface area contributed by atoms with Crippen LogP contribution in [0.5, 0.6) is 5.75 Å². The zero-order chi connectivity index (χ0) is 19.9. The third-order valence-electron chi connectivity index (χ3n) is 4.93. The van der Waals surface area contributed by atoms with Crippen molar-refractivity contribution in [3.05, 3.63) is 65.7 Å². The van der Waals surface area contributed by atoms with E-state index in [0.717, 1.165) is 16.9 Å². The Labute approximate surface area is 164 Å². The first-order chi connectivity index (χ1) is 13.6. The number of hydrogen-bond acceptors (Lipinski definition) is 4. The molecule has 6 nitrogen and oxygen atoms in total. The maximum atomic E-state index is 13.0. The fraction of sp³-hybridized carbons (Fsp3) is 0.364. The monoisotopic (exact) mass is 383 g/mol. The van der Waals surface area contributed by atoms with Gasteiger partial charge in [0.2, 0.25) is 0 Å². The highest BCUT2D eigenvalue weighted by atomic mass is 16.5. The van der Waals surface area contributed by atoms with Crippen molar-refractivity contribution < 1.29 is 24.2 Å². The van der Waals surface area contributed by atoms with Crippen molar-refractivity contribution >= 4 is 11.9 Å². The van der Waals surface area contributed by atoms with Crippen molar-refractivity contribution in [3.8, 4) is 5.75 Å². The number of hydrogen-bond donors (Lipinski definition) is 1. The average Bonchev–Trinajstić information content (AvgIpc) is 3.22. The van der Waals surface area contributed by atoms with Gasteiger partial charge in [-0.2, -0.15) is 0 Å². The van der Waals surface area contributed by atoms with Gasteiger partial charge in [0.1, 0.15) is 11.9 Å². The molecule has 0 radical (unpaired) electrons. The summed E-state index contributed by atoms with van der Waals surface area (Å²) in [5.74, 6) is -0.371. The van der Waals surface area contributed by atoms with Crippen LogP contribution >= 0.6 is 0 Å². The van der Waals surface area contributed by atoms with Gasteiger partial charge in [-0.3, -0.25) is 4.79 Å². The maximum Gasteiger partial charge on any atom is 0.332 e. The molecule has 3 rings (SSSR count). The van der Waals surface area contributed by atoms with Crippen LogP contribution in [-0.2, 0) is 27.3 Å². The topological polar surface area (TPSA) is 76.1 Å². The van der Waals surface area contributed by atoms with E-state index in [1.165, 1.54) is 0 Å². The highest BCUT2D eigenvalue weighted by Crippen LogP contribution is 2.23. The van der Waals surface area contributed by atoms with Crippen molar-refractivity contribution in [2.45, 2.75) is 38.0 Å². The molecule has 1 aliphatic rings. The fourth-order valence-corrected chi connectivity index (χ4v) is 3.33. The minimum atomic E-state index is -1.01. The third-order valence-corrected chi connectivity index (χ3v) is 4.93. The van der Waals surface area contributed by atoms with Crippen molar-refractivity contribution in [2.75, 3.05) is 13.7 Å². The molecule has 2 atom stereocenters. The lowest BCUT2D eigenvalue weighted by Gasteiger charge is -2.26. The lowest BCUT2D eigenvalue weighted by Crippen LogP contribution is -2.40. The van der Waals surface area contributed by atoms with E-state index in [1.54, 1.807) is 12.0 Å². The van der Waals surface area contributed by atoms with E-state index in [9.17, 15) is 9.59 Å². The quantitative estimate of drug-likeness (QED) is 0.759. The summed E-state index contributed by atoms with van der Waals surface area (Å²) < 4.78 is 10.7. The van der Waals surface area contributed by atoms with Crippen molar-refractivity contribution in [1.29, 1.82) is 0 Å². The molecular weight excluding hydrogens is 358 g/mol. The van der Waals surface area contributed by atoms with Gasteiger partial charge in [0.05, 0.1) is 7.11 Å². The maximum absolute atomic E-state index is 13.0. The Morgan fingerprint density at radius 2 is 1.71 bits per heavy atom. The van der Waals surface area contributed by atoms with E-state index in [2.05, 4.69) is 0 Å². The number of carboxylic acids is 1. The Morgan fingerprint density at radius 3 is 2.32 bits per heavy atom. The highest BCUT2D eigenvalue weighted by molar-refractivity contribution is 5.82. The Balaban J connectivity index is 1.69. The number of rotatable bonds is 8. The summed E-state index contributed by atoms with van der Waals surface area (Å²) in [4.78, 5) is 25.9. The molecule has 0 unspecified atom stereocenters. The molecule has 2 aromatic rings. The number of amides is 1. The molecule has 0 saturated carbocycles. The molecule has 1 aliphatic heterocycles. The first-order valence-corrected chi connectivity index (χ1v) is 9.40. The second kappa shape index (κ2) is 9.37. The predicted octanol–water partition coefficient (Wildman–Crippen LogP) is 2.90. The predicted molar refractivity (Wildman–Crippen MR) is 104 cm³/mol. The number of ether oxygens (including phenoxy) is 2. The Kier molecular flexibility index (Phi) is 6.66. The molecule has 1 fully saturated rings. The lowest BCUT2D eigenvalue weighted by atomic mass is 10.1. The summed E-state index contributed by atoms with van der Waals surface area (Å²) in [5, 5.41) is 9.12. The largest absolute Gasteiger partial charge is 0.497 e. The van der Waals surface area contributed by atoms with E-state index >= 15 is 0 Å². The number of carbonyl (C=O) groups excluding carboxylic acids is 1. The van der Waals surface area contributed by atoms with Crippen LogP contribution in [0, 0.1) is 0 Å². The molecule has 0 bridgehead atoms. The molecule has 6 heteroatoms. The van der Waals surface area contributed by atoms with Crippen LogP contribution in [0.3, 0.4) is 0 Å². The minimum Gasteiger partial charge on any atom is -0.497 e. The molecule has 1 N–H and O–H groups in total. The standard InChI is InChI=1S/C22H25NO5/c1-27-18-9-7-16(8-10-18)13-14-23(15-17-5-3-2-4-6-17)21(24)19-11-12-20(28-19)22(25)26/h2-10,19-20H,11-15H2,1H3,(H,25,26)/t19-,20+/m0/s1. The van der Waals surface area contributed by atoms with Crippen LogP contribution in [0.25, 0.3) is 0 Å². The average molecular weight is 383 g/mol. The molecule has 1 amide bonds. The SMILES string of the molecule is COc1ccc(CCN(Cc2ccccc2)C(=O)[C@@H]2CC[C@H](C(=O)O)O2)cc1. The molecule has 1 heterocycles. The summed E-state index contributed by atoms with van der Waals surface area (Å²) in [6.07, 6.45) is -0.0974. The van der Waals surface area contributed by atoms with Crippen LogP contribution in [0.15, 0.2) is 54.6 Å². The normalized spacial score (nSPS) is 18.6. The summed E-state index contributed by atoms with van der Waals surface area (Å²) in [5.41, 5.74) is 2.13. The van der Waals surface area contributed by atoms with Gasteiger partial charge in [-0.25, -0.2) is 4.79 Å². The van der Waals surface area contributed by atoms with Gasteiger partial charge in [0.25, 0.3) is 5.91 Å². The lowest BCUT2D eigenvalue weighted by molar-refractivity contribution is -0.155. The third kappa shape index (κ3) is 5.10. The molecule has 0 spiro atoms. The van der Waals surface area contributed by atoms with Crippen LogP contribution in [0.4, 0.5) is 0 Å². The molecular formula is C22H25NO5. The van der Waals surface area contributed by atoms with E-state index in [4.69, 9.17) is 14.6 Å². The molecule has 0 aromatic heterocycles. The molecule has 0 aliphatic carbocycles. The number of carbonyl (C=O) groups is 2. The number of nitrogens with zero attached hydrogens (tertiary/aromatic N) is 1. The first kappa shape index (κ1) is 19.9. The fourth-order valence-electron chi connectivity index (χ4n) is 3.33. The number of aliphatic carboxylic acids is 1. The van der Waals surface area contributed by atoms with Gasteiger partial charge in [0, 0.05) is 13.1 Å². The summed E-state index contributed by atoms with van der Waals surface area (Å²) >= 11 is 0. The number of methoxy groups -OCH3 is 1. The second-order valence-corrected chi connectivity index (χ2v) is 6.87. The zero-order valence-electron chi connectivity index (χ0n) is 15.9. The van der Waals surface area contributed by atoms with Crippen LogP contribution in [-0.4, -0.2) is 47.7 Å². The number of benzene rings is 2. The highest BCUT2D eigenvalue weighted by Gasteiger charge is 2.36. The van der Waals surface area contributed by atoms with Gasteiger partial charge in [-0.05, 0) is 42.5 Å². The van der Waals surface area contributed by atoms with Crippen molar-refractivity contribution in [1.82, 2.24) is 4.90 Å². The second-order valence-electron chi connectivity index (χ2n) is 6.87. The van der Waals surface area contributed by atoms with Crippen LogP contribution in [0.2, 0.25) is 0 Å². The van der Waals surface area contributed by atoms with E-state index in [0.29, 0.717) is 32.4 Å². The Morgan fingerprint density at radius 1 is 1.04 bits per heavy atom. The number of carboxylic acid groups (broad SMARTS) is 1. The summed E-state index contributed by atoms with van der Waals surface area (Å²) in [7, 11) is 1.63. The van der Waals surface area contributed by atoms with Crippen molar-refractivity contribution in [2.24, 2.45) is 0 Å². The zero-order valence-corrected chi connectivity index (χ0v) is 15.9. The Bertz CT molecular complexity index is 790. The van der Waals surface area contributed by atoms with Gasteiger partial charge in [-0.15, -0.1) is 0 Å². The van der Waals surface area contributed by atoms with E-state index < -0.39 is 18.2 Å². The van der Waals surface area contributed by atoms with Crippen LogP contribution in [0.1, 0.15) is 24.0 Å². The molecule has 1 saturated heterocycles. The molecule has 2 aromatic carbocycles. The Hall–Kier alpha value is -2.86. The van der Waals surface area contributed by atoms with Gasteiger partial charge in [-0.1, -0.05) is 42.5 Å². The van der Waals surface area contributed by atoms with Gasteiger partial charge < -0.3 is 19.5 Å². The first-order valence-electron chi connectivity index (χ1n) is 9.40. The molecule has 148 valence electrons. The van der Waals surface area contributed by atoms with Crippen molar-refractivity contribution in [3.63, 3.8) is 0 Å². The van der Waals surface area contributed by atoms with Crippen LogP contribution < -0.4 is 4.74 Å². The van der Waals surface area contributed by atoms with Gasteiger partial charge >= 0.3 is 5.97 Å². The summed E-state index contributed by atoms with van der Waals surface area (Å²) in [6.45, 7) is 0.991. The van der Waals surface area contributed by atoms with E-state index in [1.807, 2.05) is 54.6 Å². The van der Waals surface area contributed by atoms with E-state index in [-0.39, 0.29) is 5.91 Å². The minimum absolute atomic E-state index is 0.152. The molecule has 28 heavy (non-hydrogen) atoms.